The molecule has 6 heteroatoms. The third kappa shape index (κ3) is 5.53. The Bertz CT molecular complexity index is 714. The molecule has 1 saturated heterocycles. The Balaban J connectivity index is 1.43. The van der Waals surface area contributed by atoms with E-state index in [1.165, 1.54) is 12.1 Å². The zero-order chi connectivity index (χ0) is 17.5. The molecule has 0 spiro atoms. The molecule has 1 aromatic carbocycles. The fraction of sp³-hybridized carbons (Fsp3) is 0.368. The van der Waals surface area contributed by atoms with Crippen molar-refractivity contribution in [2.24, 2.45) is 5.92 Å². The van der Waals surface area contributed by atoms with Crippen LogP contribution < -0.4 is 5.32 Å². The van der Waals surface area contributed by atoms with Crippen LogP contribution in [0.15, 0.2) is 42.9 Å². The number of anilines is 1. The lowest BCUT2D eigenvalue weighted by molar-refractivity contribution is -0.116. The smallest absolute Gasteiger partial charge is 0.225 e. The zero-order valence-corrected chi connectivity index (χ0v) is 14.1. The molecule has 1 amide bonds. The van der Waals surface area contributed by atoms with Crippen LogP contribution in [-0.4, -0.2) is 40.4 Å². The lowest BCUT2D eigenvalue weighted by atomic mass is 9.97. The highest BCUT2D eigenvalue weighted by Gasteiger charge is 2.18. The number of H-pyrrole nitrogens is 1. The molecule has 0 radical (unpaired) electrons. The molecule has 1 aromatic heterocycles. The lowest BCUT2D eigenvalue weighted by Gasteiger charge is -2.31. The number of hydrogen-bond donors (Lipinski definition) is 2. The number of aromatic amines is 1. The van der Waals surface area contributed by atoms with E-state index in [0.29, 0.717) is 18.0 Å². The Morgan fingerprint density at radius 3 is 3.20 bits per heavy atom. The van der Waals surface area contributed by atoms with Gasteiger partial charge < -0.3 is 15.2 Å². The highest BCUT2D eigenvalue weighted by molar-refractivity contribution is 5.90. The molecule has 3 rings (SSSR count). The number of benzene rings is 1. The molecule has 2 aromatic rings. The molecular weight excluding hydrogens is 319 g/mol. The summed E-state index contributed by atoms with van der Waals surface area (Å²) in [6.07, 6.45) is 10.5. The SMILES string of the molecule is O=C(CCN1CCCC(/C=C/c2cnc[nH]2)C1)Nc1cccc(F)c1. The summed E-state index contributed by atoms with van der Waals surface area (Å²) in [4.78, 5) is 21.4. The van der Waals surface area contributed by atoms with Gasteiger partial charge >= 0.3 is 0 Å². The molecule has 1 atom stereocenters. The van der Waals surface area contributed by atoms with E-state index in [4.69, 9.17) is 0 Å². The highest BCUT2D eigenvalue weighted by atomic mass is 19.1. The van der Waals surface area contributed by atoms with Gasteiger partial charge in [-0.1, -0.05) is 12.1 Å². The summed E-state index contributed by atoms with van der Waals surface area (Å²) < 4.78 is 13.1. The van der Waals surface area contributed by atoms with Gasteiger partial charge in [-0.3, -0.25) is 4.79 Å². The number of halogens is 1. The van der Waals surface area contributed by atoms with Crippen molar-refractivity contribution in [3.63, 3.8) is 0 Å². The Morgan fingerprint density at radius 1 is 1.48 bits per heavy atom. The summed E-state index contributed by atoms with van der Waals surface area (Å²) in [5.74, 6) is 0.0600. The van der Waals surface area contributed by atoms with Gasteiger partial charge in [0.25, 0.3) is 0 Å². The number of nitrogens with one attached hydrogen (secondary N) is 2. The maximum atomic E-state index is 13.1. The number of likely N-dealkylation sites (tertiary alicyclic amines) is 1. The van der Waals surface area contributed by atoms with E-state index >= 15 is 0 Å². The Morgan fingerprint density at radius 2 is 2.40 bits per heavy atom. The van der Waals surface area contributed by atoms with E-state index in [2.05, 4.69) is 32.3 Å². The topological polar surface area (TPSA) is 61.0 Å². The molecule has 1 aliphatic heterocycles. The van der Waals surface area contributed by atoms with Crippen LogP contribution in [0.5, 0.6) is 0 Å². The third-order valence-corrected chi connectivity index (χ3v) is 4.37. The fourth-order valence-corrected chi connectivity index (χ4v) is 3.10. The summed E-state index contributed by atoms with van der Waals surface area (Å²) >= 11 is 0. The lowest BCUT2D eigenvalue weighted by Crippen LogP contribution is -2.36. The van der Waals surface area contributed by atoms with Crippen LogP contribution in [0.1, 0.15) is 25.0 Å². The van der Waals surface area contributed by atoms with Crippen LogP contribution in [0.2, 0.25) is 0 Å². The number of aromatic nitrogens is 2. The summed E-state index contributed by atoms with van der Waals surface area (Å²) in [6.45, 7) is 2.69. The second-order valence-electron chi connectivity index (χ2n) is 6.38. The van der Waals surface area contributed by atoms with Crippen LogP contribution in [-0.2, 0) is 4.79 Å². The number of amides is 1. The first-order chi connectivity index (χ1) is 12.2. The van der Waals surface area contributed by atoms with Crippen molar-refractivity contribution in [3.8, 4) is 0 Å². The van der Waals surface area contributed by atoms with Crippen LogP contribution in [0.3, 0.4) is 0 Å². The largest absolute Gasteiger partial charge is 0.345 e. The molecule has 2 N–H and O–H groups in total. The molecule has 1 unspecified atom stereocenters. The van der Waals surface area contributed by atoms with Gasteiger partial charge in [0, 0.05) is 25.2 Å². The number of rotatable bonds is 6. The van der Waals surface area contributed by atoms with Crippen molar-refractivity contribution < 1.29 is 9.18 Å². The molecule has 0 bridgehead atoms. The first kappa shape index (κ1) is 17.4. The van der Waals surface area contributed by atoms with Crippen LogP contribution in [0.25, 0.3) is 6.08 Å². The number of hydrogen-bond acceptors (Lipinski definition) is 3. The minimum atomic E-state index is -0.347. The molecule has 25 heavy (non-hydrogen) atoms. The van der Waals surface area contributed by atoms with E-state index < -0.39 is 0 Å². The number of nitrogens with zero attached hydrogens (tertiary/aromatic N) is 2. The Kier molecular flexibility index (Phi) is 5.95. The molecule has 132 valence electrons. The summed E-state index contributed by atoms with van der Waals surface area (Å²) in [6, 6.07) is 5.97. The van der Waals surface area contributed by atoms with Gasteiger partial charge in [-0.15, -0.1) is 0 Å². The molecule has 0 aliphatic carbocycles. The monoisotopic (exact) mass is 342 g/mol. The Hall–Kier alpha value is -2.47. The van der Waals surface area contributed by atoms with Gasteiger partial charge in [-0.2, -0.15) is 0 Å². The normalized spacial score (nSPS) is 18.5. The van der Waals surface area contributed by atoms with Gasteiger partial charge in [0.15, 0.2) is 0 Å². The van der Waals surface area contributed by atoms with Crippen molar-refractivity contribution in [2.75, 3.05) is 25.0 Å². The third-order valence-electron chi connectivity index (χ3n) is 4.37. The first-order valence-electron chi connectivity index (χ1n) is 8.63. The number of imidazole rings is 1. The predicted molar refractivity (Wildman–Crippen MR) is 96.4 cm³/mol. The van der Waals surface area contributed by atoms with Crippen molar-refractivity contribution in [2.45, 2.75) is 19.3 Å². The average molecular weight is 342 g/mol. The first-order valence-corrected chi connectivity index (χ1v) is 8.63. The molecular formula is C19H23FN4O. The van der Waals surface area contributed by atoms with Gasteiger partial charge in [-0.05, 0) is 49.6 Å². The number of carbonyl (C=O) groups is 1. The molecule has 5 nitrogen and oxygen atoms in total. The predicted octanol–water partition coefficient (Wildman–Crippen LogP) is 3.30. The van der Waals surface area contributed by atoms with Gasteiger partial charge in [0.1, 0.15) is 5.82 Å². The van der Waals surface area contributed by atoms with Gasteiger partial charge in [0.05, 0.1) is 18.2 Å². The maximum Gasteiger partial charge on any atom is 0.225 e. The van der Waals surface area contributed by atoms with Gasteiger partial charge in [0.2, 0.25) is 5.91 Å². The minimum absolute atomic E-state index is 0.0827. The second kappa shape index (κ2) is 8.58. The van der Waals surface area contributed by atoms with Crippen molar-refractivity contribution in [1.82, 2.24) is 14.9 Å². The van der Waals surface area contributed by atoms with Crippen molar-refractivity contribution in [1.29, 1.82) is 0 Å². The number of carbonyl (C=O) groups excluding carboxylic acids is 1. The van der Waals surface area contributed by atoms with Crippen LogP contribution >= 0.6 is 0 Å². The fourth-order valence-electron chi connectivity index (χ4n) is 3.10. The summed E-state index contributed by atoms with van der Waals surface area (Å²) in [5.41, 5.74) is 1.51. The van der Waals surface area contributed by atoms with E-state index in [1.54, 1.807) is 24.7 Å². The van der Waals surface area contributed by atoms with Crippen LogP contribution in [0, 0.1) is 11.7 Å². The molecule has 1 fully saturated rings. The average Bonchev–Trinajstić information content (AvgIpc) is 3.12. The standard InChI is InChI=1S/C19H23FN4O/c20-16-4-1-5-17(11-16)23-19(25)8-10-24-9-2-3-15(13-24)6-7-18-12-21-14-22-18/h1,4-7,11-12,14-15H,2-3,8-10,13H2,(H,21,22)(H,23,25)/b7-6+. The minimum Gasteiger partial charge on any atom is -0.345 e. The van der Waals surface area contributed by atoms with Crippen molar-refractivity contribution >= 4 is 17.7 Å². The second-order valence-corrected chi connectivity index (χ2v) is 6.38. The van der Waals surface area contributed by atoms with E-state index in [0.717, 1.165) is 38.2 Å². The van der Waals surface area contributed by atoms with Crippen molar-refractivity contribution in [3.05, 3.63) is 54.4 Å². The molecule has 1 aliphatic rings. The van der Waals surface area contributed by atoms with Gasteiger partial charge in [-0.25, -0.2) is 9.37 Å². The summed E-state index contributed by atoms with van der Waals surface area (Å²) in [7, 11) is 0. The van der Waals surface area contributed by atoms with E-state index in [9.17, 15) is 9.18 Å². The van der Waals surface area contributed by atoms with E-state index in [-0.39, 0.29) is 11.7 Å². The molecule has 2 heterocycles. The van der Waals surface area contributed by atoms with Crippen LogP contribution in [0.4, 0.5) is 10.1 Å². The maximum absolute atomic E-state index is 13.1. The highest BCUT2D eigenvalue weighted by Crippen LogP contribution is 2.19. The Labute approximate surface area is 147 Å². The summed E-state index contributed by atoms with van der Waals surface area (Å²) in [5, 5.41) is 2.75. The quantitative estimate of drug-likeness (QED) is 0.847. The zero-order valence-electron chi connectivity index (χ0n) is 14.1. The number of piperidine rings is 1. The molecule has 0 saturated carbocycles. The van der Waals surface area contributed by atoms with E-state index in [1.807, 2.05) is 0 Å².